The number of halogens is 2. The third-order valence-electron chi connectivity index (χ3n) is 3.09. The average Bonchev–Trinajstić information content (AvgIpc) is 2.58. The van der Waals surface area contributed by atoms with Crippen molar-refractivity contribution in [3.8, 4) is 0 Å². The van der Waals surface area contributed by atoms with E-state index < -0.39 is 5.67 Å². The second-order valence-corrected chi connectivity index (χ2v) is 6.21. The Balaban J connectivity index is 2.02. The molecule has 1 saturated carbocycles. The van der Waals surface area contributed by atoms with E-state index in [9.17, 15) is 4.39 Å². The lowest BCUT2D eigenvalue weighted by molar-refractivity contribution is 0.100. The van der Waals surface area contributed by atoms with Gasteiger partial charge in [0.05, 0.1) is 0 Å². The van der Waals surface area contributed by atoms with Crippen LogP contribution in [0.25, 0.3) is 0 Å². The highest BCUT2D eigenvalue weighted by Crippen LogP contribution is 2.37. The minimum atomic E-state index is -1.02. The van der Waals surface area contributed by atoms with Crippen LogP contribution in [-0.2, 0) is 6.42 Å². The van der Waals surface area contributed by atoms with Crippen LogP contribution in [0.3, 0.4) is 0 Å². The first-order valence-electron chi connectivity index (χ1n) is 5.25. The number of alkyl halides is 1. The van der Waals surface area contributed by atoms with E-state index in [0.29, 0.717) is 19.3 Å². The maximum absolute atomic E-state index is 14.4. The predicted octanol–water partition coefficient (Wildman–Crippen LogP) is 3.66. The van der Waals surface area contributed by atoms with Crippen molar-refractivity contribution in [2.75, 3.05) is 0 Å². The maximum Gasteiger partial charge on any atom is 0.116 e. The summed E-state index contributed by atoms with van der Waals surface area (Å²) in [6, 6.07) is 2.19. The van der Waals surface area contributed by atoms with E-state index in [1.165, 1.54) is 0 Å². The molecule has 0 unspecified atom stereocenters. The molecule has 1 aliphatic rings. The molecule has 4 heteroatoms. The van der Waals surface area contributed by atoms with Gasteiger partial charge >= 0.3 is 0 Å². The minimum absolute atomic E-state index is 0.209. The minimum Gasteiger partial charge on any atom is -0.328 e. The van der Waals surface area contributed by atoms with Gasteiger partial charge in [0, 0.05) is 21.8 Å². The van der Waals surface area contributed by atoms with Crippen LogP contribution >= 0.6 is 27.3 Å². The van der Waals surface area contributed by atoms with E-state index in [1.807, 2.05) is 11.4 Å². The highest BCUT2D eigenvalue weighted by atomic mass is 79.9. The van der Waals surface area contributed by atoms with E-state index in [0.717, 1.165) is 22.2 Å². The molecule has 0 saturated heterocycles. The highest BCUT2D eigenvalue weighted by Gasteiger charge is 2.35. The molecule has 0 atom stereocenters. The van der Waals surface area contributed by atoms with Gasteiger partial charge in [-0.3, -0.25) is 0 Å². The third-order valence-corrected chi connectivity index (χ3v) is 5.02. The van der Waals surface area contributed by atoms with E-state index in [-0.39, 0.29) is 6.04 Å². The Kier molecular flexibility index (Phi) is 3.48. The van der Waals surface area contributed by atoms with Gasteiger partial charge in [-0.1, -0.05) is 0 Å². The Morgan fingerprint density at radius 1 is 1.53 bits per heavy atom. The molecular formula is C11H15BrFNS. The first kappa shape index (κ1) is 11.6. The smallest absolute Gasteiger partial charge is 0.116 e. The number of hydrogen-bond acceptors (Lipinski definition) is 2. The van der Waals surface area contributed by atoms with Crippen LogP contribution in [0.2, 0.25) is 0 Å². The summed E-state index contributed by atoms with van der Waals surface area (Å²) in [7, 11) is 0. The molecule has 0 bridgehead atoms. The van der Waals surface area contributed by atoms with Gasteiger partial charge in [-0.05, 0) is 53.1 Å². The van der Waals surface area contributed by atoms with Crippen molar-refractivity contribution >= 4 is 27.3 Å². The highest BCUT2D eigenvalue weighted by molar-refractivity contribution is 9.10. The molecule has 1 aromatic rings. The Morgan fingerprint density at radius 3 is 2.73 bits per heavy atom. The third kappa shape index (κ3) is 2.80. The zero-order chi connectivity index (χ0) is 10.9. The quantitative estimate of drug-likeness (QED) is 0.884. The van der Waals surface area contributed by atoms with Gasteiger partial charge < -0.3 is 5.73 Å². The van der Waals surface area contributed by atoms with E-state index in [4.69, 9.17) is 5.73 Å². The van der Waals surface area contributed by atoms with Crippen molar-refractivity contribution in [2.45, 2.75) is 43.8 Å². The first-order chi connectivity index (χ1) is 7.09. The molecule has 1 heterocycles. The van der Waals surface area contributed by atoms with Crippen LogP contribution in [-0.4, -0.2) is 11.7 Å². The molecule has 1 aromatic heterocycles. The Labute approximate surface area is 102 Å². The Morgan fingerprint density at radius 2 is 2.20 bits per heavy atom. The van der Waals surface area contributed by atoms with Crippen molar-refractivity contribution in [2.24, 2.45) is 5.73 Å². The normalized spacial score (nSPS) is 31.8. The molecule has 0 aliphatic heterocycles. The van der Waals surface area contributed by atoms with Gasteiger partial charge in [0.1, 0.15) is 5.67 Å². The van der Waals surface area contributed by atoms with E-state index >= 15 is 0 Å². The van der Waals surface area contributed by atoms with Crippen LogP contribution in [0.5, 0.6) is 0 Å². The molecule has 0 amide bonds. The summed E-state index contributed by atoms with van der Waals surface area (Å²) < 4.78 is 15.5. The summed E-state index contributed by atoms with van der Waals surface area (Å²) >= 11 is 5.07. The van der Waals surface area contributed by atoms with E-state index in [1.54, 1.807) is 11.3 Å². The largest absolute Gasteiger partial charge is 0.328 e. The van der Waals surface area contributed by atoms with Gasteiger partial charge in [0.2, 0.25) is 0 Å². The molecule has 0 aromatic carbocycles. The topological polar surface area (TPSA) is 26.0 Å². The van der Waals surface area contributed by atoms with Gasteiger partial charge in [0.25, 0.3) is 0 Å². The van der Waals surface area contributed by atoms with Crippen LogP contribution in [0, 0.1) is 0 Å². The van der Waals surface area contributed by atoms with Crippen molar-refractivity contribution in [3.05, 3.63) is 20.8 Å². The molecule has 84 valence electrons. The summed E-state index contributed by atoms with van der Waals surface area (Å²) in [6.07, 6.45) is 3.40. The molecule has 15 heavy (non-hydrogen) atoms. The molecule has 1 aliphatic carbocycles. The first-order valence-corrected chi connectivity index (χ1v) is 6.93. The van der Waals surface area contributed by atoms with Crippen LogP contribution in [0.1, 0.15) is 30.6 Å². The van der Waals surface area contributed by atoms with Crippen LogP contribution in [0.4, 0.5) is 4.39 Å². The predicted molar refractivity (Wildman–Crippen MR) is 66.0 cm³/mol. The second kappa shape index (κ2) is 4.52. The fourth-order valence-electron chi connectivity index (χ4n) is 2.07. The number of hydrogen-bond donors (Lipinski definition) is 1. The summed E-state index contributed by atoms with van der Waals surface area (Å²) in [4.78, 5) is 1.12. The van der Waals surface area contributed by atoms with Gasteiger partial charge in [0.15, 0.2) is 0 Å². The number of thiophene rings is 1. The summed E-state index contributed by atoms with van der Waals surface area (Å²) in [5, 5.41) is 2.00. The van der Waals surface area contributed by atoms with Crippen molar-refractivity contribution in [1.29, 1.82) is 0 Å². The number of rotatable bonds is 2. The second-order valence-electron chi connectivity index (χ2n) is 4.36. The van der Waals surface area contributed by atoms with Gasteiger partial charge in [-0.25, -0.2) is 4.39 Å². The molecule has 0 spiro atoms. The van der Waals surface area contributed by atoms with Crippen molar-refractivity contribution < 1.29 is 4.39 Å². The van der Waals surface area contributed by atoms with Crippen LogP contribution < -0.4 is 5.73 Å². The molecule has 0 radical (unpaired) electrons. The molecular weight excluding hydrogens is 277 g/mol. The lowest BCUT2D eigenvalue weighted by Gasteiger charge is -2.32. The summed E-state index contributed by atoms with van der Waals surface area (Å²) in [6.45, 7) is 0. The zero-order valence-electron chi connectivity index (χ0n) is 8.51. The zero-order valence-corrected chi connectivity index (χ0v) is 10.9. The summed E-state index contributed by atoms with van der Waals surface area (Å²) in [5.41, 5.74) is 4.76. The molecule has 2 N–H and O–H groups in total. The SMILES string of the molecule is NC1CCC(F)(Cc2sccc2Br)CC1. The van der Waals surface area contributed by atoms with Crippen LogP contribution in [0.15, 0.2) is 15.9 Å². The molecule has 1 fully saturated rings. The number of nitrogens with two attached hydrogens (primary N) is 1. The summed E-state index contributed by atoms with van der Waals surface area (Å²) in [5.74, 6) is 0. The van der Waals surface area contributed by atoms with Gasteiger partial charge in [-0.2, -0.15) is 0 Å². The van der Waals surface area contributed by atoms with Gasteiger partial charge in [-0.15, -0.1) is 11.3 Å². The monoisotopic (exact) mass is 291 g/mol. The Bertz CT molecular complexity index is 331. The molecule has 1 nitrogen and oxygen atoms in total. The standard InChI is InChI=1S/C11H15BrFNS/c12-9-3-6-15-10(9)7-11(13)4-1-8(14)2-5-11/h3,6,8H,1-2,4-5,7,14H2. The van der Waals surface area contributed by atoms with Crippen molar-refractivity contribution in [1.82, 2.24) is 0 Å². The van der Waals surface area contributed by atoms with E-state index in [2.05, 4.69) is 15.9 Å². The molecule has 2 rings (SSSR count). The Hall–Kier alpha value is 0.0700. The average molecular weight is 292 g/mol. The maximum atomic E-state index is 14.4. The lowest BCUT2D eigenvalue weighted by Crippen LogP contribution is -2.37. The van der Waals surface area contributed by atoms with Crippen molar-refractivity contribution in [3.63, 3.8) is 0 Å². The fraction of sp³-hybridized carbons (Fsp3) is 0.636. The fourth-order valence-corrected chi connectivity index (χ4v) is 3.69. The lowest BCUT2D eigenvalue weighted by atomic mass is 9.81.